The van der Waals surface area contributed by atoms with Crippen molar-refractivity contribution in [1.82, 2.24) is 0 Å². The Balaban J connectivity index is 1.99. The topological polar surface area (TPSA) is 72.6 Å². The number of methoxy groups -OCH3 is 1. The molecule has 1 unspecified atom stereocenters. The first-order valence-corrected chi connectivity index (χ1v) is 8.91. The van der Waals surface area contributed by atoms with Gasteiger partial charge < -0.3 is 15.4 Å². The quantitative estimate of drug-likeness (QED) is 0.652. The first-order chi connectivity index (χ1) is 12.5. The highest BCUT2D eigenvalue weighted by Crippen LogP contribution is 2.38. The molecule has 2 aromatic carbocycles. The Morgan fingerprint density at radius 2 is 1.96 bits per heavy atom. The molecule has 2 aromatic rings. The van der Waals surface area contributed by atoms with E-state index in [4.69, 9.17) is 22.1 Å². The minimum atomic E-state index is -0.265. The molecular weight excluding hydrogens is 352 g/mol. The van der Waals surface area contributed by atoms with Crippen LogP contribution in [0.1, 0.15) is 41.1 Å². The van der Waals surface area contributed by atoms with E-state index in [0.717, 1.165) is 24.1 Å². The normalized spacial score (nSPS) is 16.5. The van der Waals surface area contributed by atoms with Crippen LogP contribution < -0.4 is 10.6 Å². The third-order valence-corrected chi connectivity index (χ3v) is 4.93. The minimum Gasteiger partial charge on any atom is -0.469 e. The number of nitrogens with two attached hydrogens (primary N) is 1. The number of nitrogen functional groups attached to an aromatic ring is 1. The van der Waals surface area contributed by atoms with Crippen LogP contribution in [-0.2, 0) is 9.53 Å². The van der Waals surface area contributed by atoms with Gasteiger partial charge in [-0.2, -0.15) is 0 Å². The number of rotatable bonds is 3. The molecule has 3 rings (SSSR count). The van der Waals surface area contributed by atoms with Gasteiger partial charge in [0.1, 0.15) is 0 Å². The van der Waals surface area contributed by atoms with Crippen LogP contribution >= 0.6 is 11.6 Å². The number of amides is 1. The van der Waals surface area contributed by atoms with Crippen LogP contribution in [0.3, 0.4) is 0 Å². The highest BCUT2D eigenvalue weighted by Gasteiger charge is 2.28. The fourth-order valence-corrected chi connectivity index (χ4v) is 3.54. The van der Waals surface area contributed by atoms with Crippen LogP contribution in [-0.4, -0.2) is 25.5 Å². The summed E-state index contributed by atoms with van der Waals surface area (Å²) in [5.41, 5.74) is 8.61. The molecule has 1 aliphatic rings. The van der Waals surface area contributed by atoms with Crippen molar-refractivity contribution in [1.29, 1.82) is 0 Å². The molecule has 0 aromatic heterocycles. The first-order valence-electron chi connectivity index (χ1n) is 8.53. The number of anilines is 2. The van der Waals surface area contributed by atoms with Crippen LogP contribution in [0.2, 0.25) is 5.02 Å². The summed E-state index contributed by atoms with van der Waals surface area (Å²) in [5.74, 6) is -0.383. The Hall–Kier alpha value is -2.53. The zero-order valence-electron chi connectivity index (χ0n) is 14.6. The van der Waals surface area contributed by atoms with E-state index in [-0.39, 0.29) is 24.2 Å². The highest BCUT2D eigenvalue weighted by atomic mass is 35.5. The van der Waals surface area contributed by atoms with Crippen LogP contribution in [0.25, 0.3) is 0 Å². The van der Waals surface area contributed by atoms with Crippen molar-refractivity contribution in [2.75, 3.05) is 24.3 Å². The monoisotopic (exact) mass is 372 g/mol. The Morgan fingerprint density at radius 1 is 1.23 bits per heavy atom. The number of benzene rings is 2. The van der Waals surface area contributed by atoms with Crippen molar-refractivity contribution in [2.24, 2.45) is 0 Å². The first kappa shape index (κ1) is 18.3. The minimum absolute atomic E-state index is 0.0274. The van der Waals surface area contributed by atoms with Gasteiger partial charge in [-0.15, -0.1) is 0 Å². The number of carbonyl (C=O) groups is 2. The van der Waals surface area contributed by atoms with Crippen LogP contribution in [0, 0.1) is 0 Å². The summed E-state index contributed by atoms with van der Waals surface area (Å²) in [5, 5.41) is 0.584. The van der Waals surface area contributed by atoms with Crippen molar-refractivity contribution in [3.8, 4) is 0 Å². The van der Waals surface area contributed by atoms with Gasteiger partial charge in [-0.25, -0.2) is 0 Å². The fourth-order valence-electron chi connectivity index (χ4n) is 3.36. The van der Waals surface area contributed by atoms with Crippen LogP contribution in [0.5, 0.6) is 0 Å². The molecule has 5 nitrogen and oxygen atoms in total. The Morgan fingerprint density at radius 3 is 2.65 bits per heavy atom. The van der Waals surface area contributed by atoms with Gasteiger partial charge in [-0.3, -0.25) is 9.59 Å². The van der Waals surface area contributed by atoms with Gasteiger partial charge in [0, 0.05) is 28.5 Å². The third-order valence-electron chi connectivity index (χ3n) is 4.70. The van der Waals surface area contributed by atoms with Crippen LogP contribution in [0.15, 0.2) is 42.5 Å². The summed E-state index contributed by atoms with van der Waals surface area (Å²) in [6, 6.07) is 12.3. The van der Waals surface area contributed by atoms with Gasteiger partial charge in [0.25, 0.3) is 5.91 Å². The summed E-state index contributed by atoms with van der Waals surface area (Å²) in [7, 11) is 1.38. The molecule has 0 fully saturated rings. The van der Waals surface area contributed by atoms with E-state index in [1.54, 1.807) is 35.2 Å². The maximum absolute atomic E-state index is 13.1. The van der Waals surface area contributed by atoms with E-state index >= 15 is 0 Å². The number of halogens is 1. The summed E-state index contributed by atoms with van der Waals surface area (Å²) in [6.45, 7) is 0.579. The number of hydrogen-bond acceptors (Lipinski definition) is 4. The predicted molar refractivity (Wildman–Crippen MR) is 103 cm³/mol. The molecule has 2 N–H and O–H groups in total. The molecule has 0 saturated carbocycles. The number of esters is 1. The maximum Gasteiger partial charge on any atom is 0.306 e. The van der Waals surface area contributed by atoms with Crippen molar-refractivity contribution in [3.63, 3.8) is 0 Å². The maximum atomic E-state index is 13.1. The van der Waals surface area contributed by atoms with Crippen LogP contribution in [0.4, 0.5) is 11.4 Å². The second-order valence-corrected chi connectivity index (χ2v) is 6.84. The predicted octanol–water partition coefficient (Wildman–Crippen LogP) is 4.01. The number of nitrogens with zero attached hydrogens (tertiary/aromatic N) is 1. The lowest BCUT2D eigenvalue weighted by Crippen LogP contribution is -2.31. The summed E-state index contributed by atoms with van der Waals surface area (Å²) in [4.78, 5) is 26.6. The number of fused-ring (bicyclic) bond motifs is 1. The highest BCUT2D eigenvalue weighted by molar-refractivity contribution is 6.30. The molecule has 136 valence electrons. The molecule has 0 spiro atoms. The Labute approximate surface area is 157 Å². The van der Waals surface area contributed by atoms with E-state index < -0.39 is 0 Å². The number of carbonyl (C=O) groups excluding carboxylic acids is 2. The molecule has 0 saturated heterocycles. The molecule has 1 atom stereocenters. The molecule has 1 aliphatic heterocycles. The van der Waals surface area contributed by atoms with Gasteiger partial charge in [-0.05, 0) is 66.8 Å². The van der Waals surface area contributed by atoms with E-state index in [1.807, 2.05) is 12.1 Å². The zero-order valence-corrected chi connectivity index (χ0v) is 15.3. The van der Waals surface area contributed by atoms with Gasteiger partial charge in [-0.1, -0.05) is 11.6 Å². The molecule has 0 aliphatic carbocycles. The second-order valence-electron chi connectivity index (χ2n) is 6.40. The second kappa shape index (κ2) is 7.79. The lowest BCUT2D eigenvalue weighted by atomic mass is 9.91. The van der Waals surface area contributed by atoms with Crippen molar-refractivity contribution < 1.29 is 14.3 Å². The summed E-state index contributed by atoms with van der Waals surface area (Å²) in [6.07, 6.45) is 1.84. The summed E-state index contributed by atoms with van der Waals surface area (Å²) < 4.78 is 4.83. The van der Waals surface area contributed by atoms with Gasteiger partial charge in [0.15, 0.2) is 0 Å². The standard InChI is InChI=1S/C20H21ClN2O3/c1-26-19(24)11-14-3-2-10-23(18-9-6-15(21)12-17(14)18)20(25)13-4-7-16(22)8-5-13/h4-9,12,14H,2-3,10-11,22H2,1H3. The largest absolute Gasteiger partial charge is 0.469 e. The molecule has 1 amide bonds. The third kappa shape index (κ3) is 3.83. The van der Waals surface area contributed by atoms with E-state index in [2.05, 4.69) is 0 Å². The van der Waals surface area contributed by atoms with E-state index in [0.29, 0.717) is 22.8 Å². The molecular formula is C20H21ClN2O3. The average Bonchev–Trinajstić information content (AvgIpc) is 2.81. The number of ether oxygens (including phenoxy) is 1. The smallest absolute Gasteiger partial charge is 0.306 e. The van der Waals surface area contributed by atoms with Crippen molar-refractivity contribution >= 4 is 34.9 Å². The lowest BCUT2D eigenvalue weighted by Gasteiger charge is -2.24. The molecule has 0 radical (unpaired) electrons. The summed E-state index contributed by atoms with van der Waals surface area (Å²) >= 11 is 6.19. The number of hydrogen-bond donors (Lipinski definition) is 1. The van der Waals surface area contributed by atoms with E-state index in [9.17, 15) is 9.59 Å². The Kier molecular flexibility index (Phi) is 5.47. The zero-order chi connectivity index (χ0) is 18.7. The molecule has 1 heterocycles. The van der Waals surface area contributed by atoms with E-state index in [1.165, 1.54) is 7.11 Å². The van der Waals surface area contributed by atoms with Gasteiger partial charge in [0.05, 0.1) is 13.5 Å². The van der Waals surface area contributed by atoms with Gasteiger partial charge >= 0.3 is 5.97 Å². The van der Waals surface area contributed by atoms with Gasteiger partial charge in [0.2, 0.25) is 0 Å². The Bertz CT molecular complexity index is 820. The van der Waals surface area contributed by atoms with Crippen molar-refractivity contribution in [3.05, 3.63) is 58.6 Å². The lowest BCUT2D eigenvalue weighted by molar-refractivity contribution is -0.141. The fraction of sp³-hybridized carbons (Fsp3) is 0.300. The molecule has 26 heavy (non-hydrogen) atoms. The molecule has 0 bridgehead atoms. The SMILES string of the molecule is COC(=O)CC1CCCN(C(=O)c2ccc(N)cc2)c2ccc(Cl)cc21. The van der Waals surface area contributed by atoms with Crippen molar-refractivity contribution in [2.45, 2.75) is 25.2 Å². The molecule has 6 heteroatoms. The average molecular weight is 373 g/mol.